The van der Waals surface area contributed by atoms with Crippen LogP contribution in [0.15, 0.2) is 66.7 Å². The molecule has 0 heterocycles. The Hall–Kier alpha value is -3.74. The number of rotatable bonds is 9. The lowest BCUT2D eigenvalue weighted by molar-refractivity contribution is -0.143. The number of carbonyl (C=O) groups excluding carboxylic acids is 3. The van der Waals surface area contributed by atoms with Gasteiger partial charge in [0.2, 0.25) is 5.78 Å². The lowest BCUT2D eigenvalue weighted by atomic mass is 9.96. The zero-order chi connectivity index (χ0) is 22.9. The third kappa shape index (κ3) is 5.91. The second-order valence-electron chi connectivity index (χ2n) is 6.97. The lowest BCUT2D eigenvalue weighted by Crippen LogP contribution is -2.29. The topological polar surface area (TPSA) is 78.9 Å². The number of hydrogen-bond acceptors (Lipinski definition) is 6. The van der Waals surface area contributed by atoms with Crippen molar-refractivity contribution in [3.05, 3.63) is 78.1 Å². The molecule has 0 aromatic heterocycles. The maximum absolute atomic E-state index is 14.2. The average molecular weight is 438 g/mol. The second-order valence-corrected chi connectivity index (χ2v) is 6.97. The van der Waals surface area contributed by atoms with E-state index in [2.05, 4.69) is 0 Å². The van der Waals surface area contributed by atoms with Gasteiger partial charge in [-0.1, -0.05) is 42.5 Å². The van der Waals surface area contributed by atoms with Crippen LogP contribution < -0.4 is 4.74 Å². The Morgan fingerprint density at radius 3 is 2.31 bits per heavy atom. The average Bonchev–Trinajstić information content (AvgIpc) is 2.79. The summed E-state index contributed by atoms with van der Waals surface area (Å²) in [7, 11) is 0. The summed E-state index contributed by atoms with van der Waals surface area (Å²) in [5.41, 5.74) is 0.218. The highest BCUT2D eigenvalue weighted by Gasteiger charge is 2.27. The highest BCUT2D eigenvalue weighted by molar-refractivity contribution is 6.10. The molecular weight excluding hydrogens is 415 g/mol. The minimum Gasteiger partial charge on any atom is -0.466 e. The Bertz CT molecular complexity index is 1100. The second kappa shape index (κ2) is 11.0. The van der Waals surface area contributed by atoms with Gasteiger partial charge in [-0.25, -0.2) is 9.18 Å². The highest BCUT2D eigenvalue weighted by atomic mass is 19.1. The van der Waals surface area contributed by atoms with E-state index in [4.69, 9.17) is 14.2 Å². The maximum Gasteiger partial charge on any atom is 0.514 e. The SMILES string of the molecule is CCOC(=O)CCCC(OC(=O)Oc1ccccc1)C(=O)c1ccc(F)c2ccccc12. The van der Waals surface area contributed by atoms with Gasteiger partial charge < -0.3 is 14.2 Å². The molecule has 7 heteroatoms. The van der Waals surface area contributed by atoms with Gasteiger partial charge in [-0.05, 0) is 49.4 Å². The number of para-hydroxylation sites is 1. The monoisotopic (exact) mass is 438 g/mol. The van der Waals surface area contributed by atoms with Crippen molar-refractivity contribution in [1.82, 2.24) is 0 Å². The number of ketones is 1. The molecule has 0 spiro atoms. The maximum atomic E-state index is 14.2. The molecule has 32 heavy (non-hydrogen) atoms. The van der Waals surface area contributed by atoms with Crippen molar-refractivity contribution in [2.75, 3.05) is 6.61 Å². The smallest absolute Gasteiger partial charge is 0.466 e. The van der Waals surface area contributed by atoms with Crippen LogP contribution in [0.4, 0.5) is 9.18 Å². The summed E-state index contributed by atoms with van der Waals surface area (Å²) in [6.07, 6.45) is -1.86. The van der Waals surface area contributed by atoms with Crippen LogP contribution >= 0.6 is 0 Å². The molecule has 0 fully saturated rings. The van der Waals surface area contributed by atoms with Gasteiger partial charge in [0.1, 0.15) is 11.6 Å². The number of carbonyl (C=O) groups is 3. The van der Waals surface area contributed by atoms with Gasteiger partial charge in [0.15, 0.2) is 6.10 Å². The molecule has 0 radical (unpaired) electrons. The van der Waals surface area contributed by atoms with Crippen LogP contribution in [0.5, 0.6) is 5.75 Å². The van der Waals surface area contributed by atoms with Crippen LogP contribution in [0.25, 0.3) is 10.8 Å². The number of ether oxygens (including phenoxy) is 3. The van der Waals surface area contributed by atoms with E-state index < -0.39 is 29.8 Å². The van der Waals surface area contributed by atoms with Crippen LogP contribution in [-0.2, 0) is 14.3 Å². The molecule has 0 bridgehead atoms. The van der Waals surface area contributed by atoms with Gasteiger partial charge >= 0.3 is 12.1 Å². The summed E-state index contributed by atoms with van der Waals surface area (Å²) in [5, 5.41) is 0.698. The summed E-state index contributed by atoms with van der Waals surface area (Å²) in [5.74, 6) is -1.10. The first-order valence-electron chi connectivity index (χ1n) is 10.3. The molecule has 0 N–H and O–H groups in total. The fourth-order valence-electron chi connectivity index (χ4n) is 3.28. The van der Waals surface area contributed by atoms with Gasteiger partial charge in [0, 0.05) is 17.4 Å². The van der Waals surface area contributed by atoms with Gasteiger partial charge in [-0.3, -0.25) is 9.59 Å². The largest absolute Gasteiger partial charge is 0.514 e. The van der Waals surface area contributed by atoms with Crippen molar-refractivity contribution in [2.45, 2.75) is 32.3 Å². The van der Waals surface area contributed by atoms with Crippen molar-refractivity contribution in [3.63, 3.8) is 0 Å². The van der Waals surface area contributed by atoms with Crippen molar-refractivity contribution < 1.29 is 33.0 Å². The molecule has 0 aliphatic rings. The van der Waals surface area contributed by atoms with E-state index in [0.29, 0.717) is 5.39 Å². The zero-order valence-electron chi connectivity index (χ0n) is 17.6. The molecule has 1 atom stereocenters. The molecule has 166 valence electrons. The van der Waals surface area contributed by atoms with E-state index in [1.54, 1.807) is 61.5 Å². The van der Waals surface area contributed by atoms with Gasteiger partial charge in [-0.15, -0.1) is 0 Å². The Morgan fingerprint density at radius 1 is 0.906 bits per heavy atom. The minimum absolute atomic E-state index is 0.0683. The van der Waals surface area contributed by atoms with Crippen molar-refractivity contribution in [1.29, 1.82) is 0 Å². The third-order valence-electron chi connectivity index (χ3n) is 4.76. The molecule has 0 amide bonds. The van der Waals surface area contributed by atoms with Crippen molar-refractivity contribution in [2.24, 2.45) is 0 Å². The minimum atomic E-state index is -1.21. The number of hydrogen-bond donors (Lipinski definition) is 0. The molecule has 3 aromatic carbocycles. The highest BCUT2D eigenvalue weighted by Crippen LogP contribution is 2.25. The van der Waals surface area contributed by atoms with E-state index in [1.165, 1.54) is 12.1 Å². The molecular formula is C25H23FO6. The molecule has 6 nitrogen and oxygen atoms in total. The summed E-state index contributed by atoms with van der Waals surface area (Å²) in [4.78, 5) is 37.3. The van der Waals surface area contributed by atoms with E-state index >= 15 is 0 Å². The van der Waals surface area contributed by atoms with Crippen LogP contribution in [-0.4, -0.2) is 30.6 Å². The van der Waals surface area contributed by atoms with Gasteiger partial charge in [-0.2, -0.15) is 0 Å². The van der Waals surface area contributed by atoms with Crippen LogP contribution in [0.1, 0.15) is 36.5 Å². The predicted molar refractivity (Wildman–Crippen MR) is 116 cm³/mol. The summed E-state index contributed by atoms with van der Waals surface area (Å²) in [6, 6.07) is 17.4. The van der Waals surface area contributed by atoms with Crippen molar-refractivity contribution in [3.8, 4) is 5.75 Å². The fourth-order valence-corrected chi connectivity index (χ4v) is 3.28. The summed E-state index contributed by atoms with van der Waals surface area (Å²) in [6.45, 7) is 1.95. The number of halogens is 1. The van der Waals surface area contributed by atoms with Crippen LogP contribution in [0.3, 0.4) is 0 Å². The lowest BCUT2D eigenvalue weighted by Gasteiger charge is -2.18. The Kier molecular flexibility index (Phi) is 7.91. The van der Waals surface area contributed by atoms with E-state index in [1.807, 2.05) is 0 Å². The van der Waals surface area contributed by atoms with Crippen LogP contribution in [0.2, 0.25) is 0 Å². The molecule has 0 aliphatic heterocycles. The normalized spacial score (nSPS) is 11.6. The molecule has 0 saturated carbocycles. The van der Waals surface area contributed by atoms with E-state index in [-0.39, 0.29) is 42.6 Å². The Morgan fingerprint density at radius 2 is 1.59 bits per heavy atom. The number of Topliss-reactive ketones (excluding diaryl/α,β-unsaturated/α-hetero) is 1. The summed E-state index contributed by atoms with van der Waals surface area (Å²) >= 11 is 0. The zero-order valence-corrected chi connectivity index (χ0v) is 17.6. The van der Waals surface area contributed by atoms with Gasteiger partial charge in [0.25, 0.3) is 0 Å². The predicted octanol–water partition coefficient (Wildman–Crippen LogP) is 5.48. The first-order valence-corrected chi connectivity index (χ1v) is 10.3. The van der Waals surface area contributed by atoms with Gasteiger partial charge in [0.05, 0.1) is 6.61 Å². The fraction of sp³-hybridized carbons (Fsp3) is 0.240. The third-order valence-corrected chi connectivity index (χ3v) is 4.76. The first kappa shape index (κ1) is 22.9. The summed E-state index contributed by atoms with van der Waals surface area (Å²) < 4.78 is 29.6. The Labute approximate surface area is 184 Å². The van der Waals surface area contributed by atoms with Crippen molar-refractivity contribution >= 4 is 28.7 Å². The Balaban J connectivity index is 1.81. The molecule has 3 aromatic rings. The van der Waals surface area contributed by atoms with E-state index in [0.717, 1.165) is 0 Å². The van der Waals surface area contributed by atoms with E-state index in [9.17, 15) is 18.8 Å². The molecule has 0 saturated heterocycles. The molecule has 3 rings (SSSR count). The number of fused-ring (bicyclic) bond motifs is 1. The number of benzene rings is 3. The van der Waals surface area contributed by atoms with Crippen LogP contribution in [0, 0.1) is 5.82 Å². The number of esters is 1. The molecule has 1 unspecified atom stereocenters. The molecule has 0 aliphatic carbocycles. The quantitative estimate of drug-likeness (QED) is 0.250. The standard InChI is InChI=1S/C25H23FO6/c1-2-30-23(27)14-8-13-22(32-25(29)31-17-9-4-3-5-10-17)24(28)20-15-16-21(26)19-12-7-6-11-18(19)20/h3-7,9-12,15-16,22H,2,8,13-14H2,1H3. The first-order chi connectivity index (χ1) is 15.5.